The van der Waals surface area contributed by atoms with E-state index in [1.165, 1.54) is 11.8 Å². The molecule has 0 fully saturated rings. The van der Waals surface area contributed by atoms with E-state index in [2.05, 4.69) is 5.32 Å². The number of hydrogen-bond donors (Lipinski definition) is 1. The van der Waals surface area contributed by atoms with Gasteiger partial charge in [-0.1, -0.05) is 23.7 Å². The second-order valence-electron chi connectivity index (χ2n) is 5.05. The van der Waals surface area contributed by atoms with Crippen molar-refractivity contribution in [2.75, 3.05) is 25.3 Å². The third kappa shape index (κ3) is 3.12. The van der Waals surface area contributed by atoms with Crippen molar-refractivity contribution in [1.29, 1.82) is 0 Å². The largest absolute Gasteiger partial charge is 0.493 e. The zero-order valence-corrected chi connectivity index (χ0v) is 14.3. The number of hydrogen-bond acceptors (Lipinski definition) is 4. The number of rotatable bonds is 3. The average Bonchev–Trinajstić information content (AvgIpc) is 2.72. The summed E-state index contributed by atoms with van der Waals surface area (Å²) < 4.78 is 10.9. The molecule has 1 heterocycles. The van der Waals surface area contributed by atoms with Crippen LogP contribution in [0.2, 0.25) is 5.02 Å². The van der Waals surface area contributed by atoms with E-state index in [-0.39, 0.29) is 11.2 Å². The van der Waals surface area contributed by atoms with Crippen molar-refractivity contribution in [3.63, 3.8) is 0 Å². The van der Waals surface area contributed by atoms with Gasteiger partial charge in [-0.25, -0.2) is 0 Å². The lowest BCUT2D eigenvalue weighted by molar-refractivity contribution is -0.113. The van der Waals surface area contributed by atoms with Crippen LogP contribution in [0, 0.1) is 0 Å². The Kier molecular flexibility index (Phi) is 4.68. The summed E-state index contributed by atoms with van der Waals surface area (Å²) in [5.41, 5.74) is 2.69. The van der Waals surface area contributed by atoms with Crippen LogP contribution in [-0.4, -0.2) is 25.9 Å². The van der Waals surface area contributed by atoms with Crippen LogP contribution in [0.15, 0.2) is 36.4 Å². The van der Waals surface area contributed by atoms with E-state index in [0.717, 1.165) is 16.8 Å². The van der Waals surface area contributed by atoms with Gasteiger partial charge in [0.25, 0.3) is 0 Å². The molecule has 1 aliphatic rings. The van der Waals surface area contributed by atoms with Crippen molar-refractivity contribution in [1.82, 2.24) is 0 Å². The molecule has 1 atom stereocenters. The van der Waals surface area contributed by atoms with Gasteiger partial charge in [-0.15, -0.1) is 11.8 Å². The second-order valence-corrected chi connectivity index (χ2v) is 6.58. The van der Waals surface area contributed by atoms with Crippen LogP contribution >= 0.6 is 23.4 Å². The SMILES string of the molecule is COc1cccc([C@H]2SCC(=O)Nc3ccc(Cl)cc32)c1OC. The molecule has 0 spiro atoms. The minimum atomic E-state index is -0.0762. The maximum atomic E-state index is 12.0. The normalized spacial score (nSPS) is 17.0. The molecule has 0 radical (unpaired) electrons. The van der Waals surface area contributed by atoms with Crippen LogP contribution in [0.5, 0.6) is 11.5 Å². The Morgan fingerprint density at radius 1 is 1.17 bits per heavy atom. The second kappa shape index (κ2) is 6.72. The first-order chi connectivity index (χ1) is 11.1. The third-order valence-corrected chi connectivity index (χ3v) is 5.17. The van der Waals surface area contributed by atoms with E-state index in [1.807, 2.05) is 30.3 Å². The maximum absolute atomic E-state index is 12.0. The maximum Gasteiger partial charge on any atom is 0.234 e. The number of thioether (sulfide) groups is 1. The first kappa shape index (κ1) is 16.0. The van der Waals surface area contributed by atoms with Crippen molar-refractivity contribution in [3.05, 3.63) is 52.5 Å². The molecule has 2 aromatic carbocycles. The molecule has 2 aromatic rings. The zero-order valence-electron chi connectivity index (χ0n) is 12.8. The molecule has 3 rings (SSSR count). The van der Waals surface area contributed by atoms with Crippen LogP contribution in [0.25, 0.3) is 0 Å². The highest BCUT2D eigenvalue weighted by atomic mass is 35.5. The minimum absolute atomic E-state index is 0.0251. The van der Waals surface area contributed by atoms with Crippen LogP contribution in [-0.2, 0) is 4.79 Å². The molecule has 120 valence electrons. The lowest BCUT2D eigenvalue weighted by Gasteiger charge is -2.21. The molecule has 1 amide bonds. The van der Waals surface area contributed by atoms with E-state index in [0.29, 0.717) is 22.3 Å². The summed E-state index contributed by atoms with van der Waals surface area (Å²) in [4.78, 5) is 12.0. The van der Waals surface area contributed by atoms with Gasteiger partial charge in [0.2, 0.25) is 5.91 Å². The van der Waals surface area contributed by atoms with Gasteiger partial charge >= 0.3 is 0 Å². The summed E-state index contributed by atoms with van der Waals surface area (Å²) in [7, 11) is 3.22. The lowest BCUT2D eigenvalue weighted by atomic mass is 10.0. The van der Waals surface area contributed by atoms with E-state index >= 15 is 0 Å². The molecule has 0 saturated carbocycles. The van der Waals surface area contributed by atoms with Crippen molar-refractivity contribution in [3.8, 4) is 11.5 Å². The van der Waals surface area contributed by atoms with Gasteiger partial charge in [0, 0.05) is 16.3 Å². The van der Waals surface area contributed by atoms with Crippen LogP contribution < -0.4 is 14.8 Å². The molecule has 0 unspecified atom stereocenters. The first-order valence-corrected chi connectivity index (χ1v) is 8.48. The number of amides is 1. The zero-order chi connectivity index (χ0) is 16.4. The number of para-hydroxylation sites is 1. The van der Waals surface area contributed by atoms with Crippen molar-refractivity contribution < 1.29 is 14.3 Å². The number of anilines is 1. The van der Waals surface area contributed by atoms with Crippen LogP contribution in [0.3, 0.4) is 0 Å². The van der Waals surface area contributed by atoms with Crippen molar-refractivity contribution in [2.45, 2.75) is 5.25 Å². The Labute approximate surface area is 144 Å². The molecule has 6 heteroatoms. The Morgan fingerprint density at radius 2 is 2.00 bits per heavy atom. The number of benzene rings is 2. The van der Waals surface area contributed by atoms with E-state index < -0.39 is 0 Å². The minimum Gasteiger partial charge on any atom is -0.493 e. The standard InChI is InChI=1S/C17H16ClNO3S/c1-21-14-5-3-4-11(16(14)22-2)17-12-8-10(18)6-7-13(12)19-15(20)9-23-17/h3-8,17H,9H2,1-2H3,(H,19,20)/t17-/m1/s1. The van der Waals surface area contributed by atoms with Crippen LogP contribution in [0.1, 0.15) is 16.4 Å². The van der Waals surface area contributed by atoms with Gasteiger partial charge in [0.15, 0.2) is 11.5 Å². The smallest absolute Gasteiger partial charge is 0.234 e. The Balaban J connectivity index is 2.17. The predicted octanol–water partition coefficient (Wildman–Crippen LogP) is 4.13. The highest BCUT2D eigenvalue weighted by molar-refractivity contribution is 8.00. The average molecular weight is 350 g/mol. The van der Waals surface area contributed by atoms with Crippen molar-refractivity contribution >= 4 is 35.0 Å². The van der Waals surface area contributed by atoms with Gasteiger partial charge in [-0.3, -0.25) is 4.79 Å². The van der Waals surface area contributed by atoms with Gasteiger partial charge in [-0.05, 0) is 29.8 Å². The van der Waals surface area contributed by atoms with Crippen molar-refractivity contribution in [2.24, 2.45) is 0 Å². The Bertz CT molecular complexity index is 751. The fourth-order valence-electron chi connectivity index (χ4n) is 2.68. The highest BCUT2D eigenvalue weighted by Gasteiger charge is 2.27. The Morgan fingerprint density at radius 3 is 2.74 bits per heavy atom. The molecule has 0 aromatic heterocycles. The number of methoxy groups -OCH3 is 2. The van der Waals surface area contributed by atoms with Gasteiger partial charge in [0.1, 0.15) is 0 Å². The molecule has 0 bridgehead atoms. The van der Waals surface area contributed by atoms with Gasteiger partial charge in [0.05, 0.1) is 25.2 Å². The summed E-state index contributed by atoms with van der Waals surface area (Å²) in [6, 6.07) is 11.3. The number of ether oxygens (including phenoxy) is 2. The number of carbonyl (C=O) groups is 1. The van der Waals surface area contributed by atoms with E-state index in [4.69, 9.17) is 21.1 Å². The van der Waals surface area contributed by atoms with E-state index in [1.54, 1.807) is 20.3 Å². The number of fused-ring (bicyclic) bond motifs is 1. The van der Waals surface area contributed by atoms with Gasteiger partial charge < -0.3 is 14.8 Å². The van der Waals surface area contributed by atoms with Crippen LogP contribution in [0.4, 0.5) is 5.69 Å². The topological polar surface area (TPSA) is 47.6 Å². The fraction of sp³-hybridized carbons (Fsp3) is 0.235. The molecular weight excluding hydrogens is 334 g/mol. The van der Waals surface area contributed by atoms with Gasteiger partial charge in [-0.2, -0.15) is 0 Å². The summed E-state index contributed by atoms with van der Waals surface area (Å²) in [6.45, 7) is 0. The quantitative estimate of drug-likeness (QED) is 0.905. The first-order valence-electron chi connectivity index (χ1n) is 7.06. The summed E-state index contributed by atoms with van der Waals surface area (Å²) in [5.74, 6) is 1.67. The lowest BCUT2D eigenvalue weighted by Crippen LogP contribution is -2.12. The molecule has 0 aliphatic carbocycles. The monoisotopic (exact) mass is 349 g/mol. The summed E-state index contributed by atoms with van der Waals surface area (Å²) >= 11 is 7.71. The molecule has 23 heavy (non-hydrogen) atoms. The highest BCUT2D eigenvalue weighted by Crippen LogP contribution is 2.47. The molecule has 1 N–H and O–H groups in total. The predicted molar refractivity (Wildman–Crippen MR) is 93.9 cm³/mol. The molecule has 4 nitrogen and oxygen atoms in total. The summed E-state index contributed by atoms with van der Waals surface area (Å²) in [6.07, 6.45) is 0. The molecular formula is C17H16ClNO3S. The number of nitrogens with one attached hydrogen (secondary N) is 1. The fourth-order valence-corrected chi connectivity index (χ4v) is 3.99. The number of halogens is 1. The molecule has 1 aliphatic heterocycles. The summed E-state index contributed by atoms with van der Waals surface area (Å²) in [5, 5.41) is 3.48. The third-order valence-electron chi connectivity index (χ3n) is 3.67. The van der Waals surface area contributed by atoms with E-state index in [9.17, 15) is 4.79 Å². The number of carbonyl (C=O) groups excluding carboxylic acids is 1. The Hall–Kier alpha value is -1.85. The molecule has 0 saturated heterocycles.